The van der Waals surface area contributed by atoms with Crippen LogP contribution in [0.2, 0.25) is 0 Å². The van der Waals surface area contributed by atoms with Crippen molar-refractivity contribution >= 4 is 11.7 Å². The normalized spacial score (nSPS) is 14.6. The van der Waals surface area contributed by atoms with Gasteiger partial charge in [0.1, 0.15) is 5.75 Å². The summed E-state index contributed by atoms with van der Waals surface area (Å²) in [5, 5.41) is 2.56. The minimum absolute atomic E-state index is 0.569. The largest absolute Gasteiger partial charge is 0.491 e. The standard InChI is InChI=1S/C12H16N2O2/c1-8-2-5-10(14-12(13)15)11(6-8)16-7-9-3-4-9/h2,5-6,9H,3-4,7H2,1H3,(H3,13,14,15). The summed E-state index contributed by atoms with van der Waals surface area (Å²) < 4.78 is 5.67. The molecule has 16 heavy (non-hydrogen) atoms. The number of aryl methyl sites for hydroxylation is 1. The molecular formula is C12H16N2O2. The smallest absolute Gasteiger partial charge is 0.316 e. The van der Waals surface area contributed by atoms with Gasteiger partial charge < -0.3 is 15.8 Å². The van der Waals surface area contributed by atoms with E-state index >= 15 is 0 Å². The van der Waals surface area contributed by atoms with Crippen LogP contribution in [0.3, 0.4) is 0 Å². The lowest BCUT2D eigenvalue weighted by molar-refractivity contribution is 0.259. The molecule has 1 aliphatic carbocycles. The number of amides is 2. The molecule has 2 amide bonds. The Kier molecular flexibility index (Phi) is 2.99. The van der Waals surface area contributed by atoms with Gasteiger partial charge in [0, 0.05) is 0 Å². The molecule has 1 aromatic rings. The quantitative estimate of drug-likeness (QED) is 0.817. The van der Waals surface area contributed by atoms with E-state index < -0.39 is 6.03 Å². The summed E-state index contributed by atoms with van der Waals surface area (Å²) in [6.45, 7) is 2.70. The average Bonchev–Trinajstić information content (AvgIpc) is 3.01. The monoisotopic (exact) mass is 220 g/mol. The van der Waals surface area contributed by atoms with Gasteiger partial charge in [-0.05, 0) is 43.4 Å². The van der Waals surface area contributed by atoms with E-state index in [4.69, 9.17) is 10.5 Å². The Morgan fingerprint density at radius 1 is 1.56 bits per heavy atom. The van der Waals surface area contributed by atoms with Gasteiger partial charge in [0.05, 0.1) is 12.3 Å². The lowest BCUT2D eigenvalue weighted by Gasteiger charge is -2.12. The first-order chi connectivity index (χ1) is 7.65. The van der Waals surface area contributed by atoms with E-state index in [-0.39, 0.29) is 0 Å². The zero-order valence-corrected chi connectivity index (χ0v) is 9.32. The van der Waals surface area contributed by atoms with Gasteiger partial charge in [0.15, 0.2) is 0 Å². The Bertz CT molecular complexity index is 400. The first-order valence-corrected chi connectivity index (χ1v) is 5.45. The first-order valence-electron chi connectivity index (χ1n) is 5.45. The van der Waals surface area contributed by atoms with Gasteiger partial charge in [-0.3, -0.25) is 0 Å². The molecule has 4 nitrogen and oxygen atoms in total. The van der Waals surface area contributed by atoms with Crippen LogP contribution < -0.4 is 15.8 Å². The van der Waals surface area contributed by atoms with Crippen molar-refractivity contribution in [1.29, 1.82) is 0 Å². The SMILES string of the molecule is Cc1ccc(NC(N)=O)c(OCC2CC2)c1. The van der Waals surface area contributed by atoms with Crippen LogP contribution in [0.15, 0.2) is 18.2 Å². The molecule has 2 rings (SSSR count). The van der Waals surface area contributed by atoms with Crippen molar-refractivity contribution in [2.24, 2.45) is 11.7 Å². The fourth-order valence-corrected chi connectivity index (χ4v) is 1.48. The molecule has 1 aromatic carbocycles. The number of primary amides is 1. The number of ether oxygens (including phenoxy) is 1. The molecule has 3 N–H and O–H groups in total. The number of nitrogens with one attached hydrogen (secondary N) is 1. The highest BCUT2D eigenvalue weighted by molar-refractivity contribution is 5.89. The molecule has 0 spiro atoms. The third kappa shape index (κ3) is 2.89. The Morgan fingerprint density at radius 3 is 2.94 bits per heavy atom. The van der Waals surface area contributed by atoms with Gasteiger partial charge in [-0.2, -0.15) is 0 Å². The van der Waals surface area contributed by atoms with Gasteiger partial charge in [0.25, 0.3) is 0 Å². The van der Waals surface area contributed by atoms with Gasteiger partial charge in [-0.1, -0.05) is 6.07 Å². The third-order valence-electron chi connectivity index (χ3n) is 2.57. The molecule has 1 saturated carbocycles. The lowest BCUT2D eigenvalue weighted by Crippen LogP contribution is -2.20. The van der Waals surface area contributed by atoms with E-state index in [9.17, 15) is 4.79 Å². The molecular weight excluding hydrogens is 204 g/mol. The van der Waals surface area contributed by atoms with Crippen LogP contribution in [0.5, 0.6) is 5.75 Å². The summed E-state index contributed by atoms with van der Waals surface area (Å²) in [5.74, 6) is 1.38. The first kappa shape index (κ1) is 10.8. The van der Waals surface area contributed by atoms with Gasteiger partial charge >= 0.3 is 6.03 Å². The molecule has 0 aliphatic heterocycles. The molecule has 1 fully saturated rings. The predicted octanol–water partition coefficient (Wildman–Crippen LogP) is 2.27. The van der Waals surface area contributed by atoms with Crippen LogP contribution in [0, 0.1) is 12.8 Å². The van der Waals surface area contributed by atoms with E-state index in [0.29, 0.717) is 17.4 Å². The zero-order chi connectivity index (χ0) is 11.5. The minimum atomic E-state index is -0.569. The molecule has 0 atom stereocenters. The van der Waals surface area contributed by atoms with Crippen molar-refractivity contribution in [1.82, 2.24) is 0 Å². The van der Waals surface area contributed by atoms with Crippen LogP contribution >= 0.6 is 0 Å². The van der Waals surface area contributed by atoms with Crippen LogP contribution in [0.25, 0.3) is 0 Å². The molecule has 1 aliphatic rings. The number of hydrogen-bond donors (Lipinski definition) is 2. The Morgan fingerprint density at radius 2 is 2.31 bits per heavy atom. The zero-order valence-electron chi connectivity index (χ0n) is 9.32. The topological polar surface area (TPSA) is 64.3 Å². The average molecular weight is 220 g/mol. The second-order valence-corrected chi connectivity index (χ2v) is 4.24. The van der Waals surface area contributed by atoms with Crippen LogP contribution in [-0.2, 0) is 0 Å². The van der Waals surface area contributed by atoms with Gasteiger partial charge in [-0.15, -0.1) is 0 Å². The second-order valence-electron chi connectivity index (χ2n) is 4.24. The predicted molar refractivity (Wildman–Crippen MR) is 62.6 cm³/mol. The maximum atomic E-state index is 10.8. The van der Waals surface area contributed by atoms with Crippen molar-refractivity contribution in [3.05, 3.63) is 23.8 Å². The van der Waals surface area contributed by atoms with Gasteiger partial charge in [-0.25, -0.2) is 4.79 Å². The fourth-order valence-electron chi connectivity index (χ4n) is 1.48. The molecule has 0 heterocycles. The number of rotatable bonds is 4. The van der Waals surface area contributed by atoms with Crippen LogP contribution in [0.1, 0.15) is 18.4 Å². The highest BCUT2D eigenvalue weighted by Gasteiger charge is 2.22. The molecule has 4 heteroatoms. The van der Waals surface area contributed by atoms with Crippen molar-refractivity contribution < 1.29 is 9.53 Å². The highest BCUT2D eigenvalue weighted by atomic mass is 16.5. The number of hydrogen-bond acceptors (Lipinski definition) is 2. The second kappa shape index (κ2) is 4.43. The van der Waals surface area contributed by atoms with E-state index in [1.807, 2.05) is 25.1 Å². The van der Waals surface area contributed by atoms with Crippen molar-refractivity contribution in [2.75, 3.05) is 11.9 Å². The molecule has 0 unspecified atom stereocenters. The van der Waals surface area contributed by atoms with Crippen LogP contribution in [-0.4, -0.2) is 12.6 Å². The Balaban J connectivity index is 2.10. The number of anilines is 1. The molecule has 0 radical (unpaired) electrons. The fraction of sp³-hybridized carbons (Fsp3) is 0.417. The molecule has 86 valence electrons. The number of carbonyl (C=O) groups excluding carboxylic acids is 1. The Labute approximate surface area is 94.8 Å². The van der Waals surface area contributed by atoms with Gasteiger partial charge in [0.2, 0.25) is 0 Å². The summed E-state index contributed by atoms with van der Waals surface area (Å²) in [5.41, 5.74) is 6.83. The number of carbonyl (C=O) groups is 1. The summed E-state index contributed by atoms with van der Waals surface area (Å²) in [7, 11) is 0. The molecule has 0 aromatic heterocycles. The highest BCUT2D eigenvalue weighted by Crippen LogP contribution is 2.32. The maximum absolute atomic E-state index is 10.8. The number of urea groups is 1. The van der Waals surface area contributed by atoms with Crippen molar-refractivity contribution in [2.45, 2.75) is 19.8 Å². The van der Waals surface area contributed by atoms with E-state index in [0.717, 1.165) is 12.2 Å². The van der Waals surface area contributed by atoms with Crippen molar-refractivity contribution in [3.8, 4) is 5.75 Å². The van der Waals surface area contributed by atoms with E-state index in [2.05, 4.69) is 5.32 Å². The maximum Gasteiger partial charge on any atom is 0.316 e. The minimum Gasteiger partial charge on any atom is -0.491 e. The summed E-state index contributed by atoms with van der Waals surface area (Å²) in [6, 6.07) is 5.06. The molecule has 0 bridgehead atoms. The lowest BCUT2D eigenvalue weighted by atomic mass is 10.2. The number of nitrogens with two attached hydrogens (primary N) is 1. The molecule has 0 saturated heterocycles. The van der Waals surface area contributed by atoms with Crippen LogP contribution in [0.4, 0.5) is 10.5 Å². The summed E-state index contributed by atoms with van der Waals surface area (Å²) in [4.78, 5) is 10.8. The summed E-state index contributed by atoms with van der Waals surface area (Å²) in [6.07, 6.45) is 2.48. The third-order valence-corrected chi connectivity index (χ3v) is 2.57. The summed E-state index contributed by atoms with van der Waals surface area (Å²) >= 11 is 0. The van der Waals surface area contributed by atoms with Crippen molar-refractivity contribution in [3.63, 3.8) is 0 Å². The number of benzene rings is 1. The Hall–Kier alpha value is -1.71. The van der Waals surface area contributed by atoms with E-state index in [1.54, 1.807) is 0 Å². The van der Waals surface area contributed by atoms with E-state index in [1.165, 1.54) is 12.8 Å².